The molecule has 0 radical (unpaired) electrons. The smallest absolute Gasteiger partial charge is 0.138 e. The number of aryl methyl sites for hydroxylation is 1. The van der Waals surface area contributed by atoms with Crippen molar-refractivity contribution in [2.75, 3.05) is 14.2 Å². The Balaban J connectivity index is 2.28. The van der Waals surface area contributed by atoms with Crippen LogP contribution in [0.3, 0.4) is 0 Å². The van der Waals surface area contributed by atoms with Crippen LogP contribution in [0.1, 0.15) is 24.4 Å². The summed E-state index contributed by atoms with van der Waals surface area (Å²) in [5.41, 5.74) is 1.11. The van der Waals surface area contributed by atoms with Gasteiger partial charge in [0.05, 0.1) is 7.11 Å². The summed E-state index contributed by atoms with van der Waals surface area (Å²) in [7, 11) is 3.63. The number of benzene rings is 1. The number of hydrogen-bond donors (Lipinski definition) is 1. The van der Waals surface area contributed by atoms with Gasteiger partial charge in [-0.25, -0.2) is 4.98 Å². The predicted octanol–water partition coefficient (Wildman–Crippen LogP) is 2.57. The van der Waals surface area contributed by atoms with E-state index in [9.17, 15) is 0 Å². The number of rotatable bonds is 6. The molecule has 6 heteroatoms. The largest absolute Gasteiger partial charge is 0.496 e. The molecule has 1 aromatic heterocycles. The summed E-state index contributed by atoms with van der Waals surface area (Å²) in [5, 5.41) is 7.54. The lowest BCUT2D eigenvalue weighted by molar-refractivity contribution is 0.399. The third-order valence-corrected chi connectivity index (χ3v) is 3.79. The molecule has 108 valence electrons. The van der Waals surface area contributed by atoms with Gasteiger partial charge in [0.25, 0.3) is 0 Å². The molecule has 0 bridgehead atoms. The van der Waals surface area contributed by atoms with Gasteiger partial charge < -0.3 is 10.1 Å². The van der Waals surface area contributed by atoms with Crippen LogP contribution in [0.5, 0.6) is 5.75 Å². The molecule has 1 unspecified atom stereocenters. The number of ether oxygens (including phenoxy) is 1. The second kappa shape index (κ2) is 6.85. The first-order valence-electron chi connectivity index (χ1n) is 6.57. The Kier molecular flexibility index (Phi) is 5.14. The van der Waals surface area contributed by atoms with Gasteiger partial charge in [-0.3, -0.25) is 4.68 Å². The second-order valence-corrected chi connectivity index (χ2v) is 5.34. The molecule has 5 nitrogen and oxygen atoms in total. The first-order chi connectivity index (χ1) is 9.69. The van der Waals surface area contributed by atoms with Crippen LogP contribution < -0.4 is 10.1 Å². The summed E-state index contributed by atoms with van der Waals surface area (Å²) in [4.78, 5) is 4.34. The lowest BCUT2D eigenvalue weighted by atomic mass is 10.0. The number of aromatic nitrogens is 3. The second-order valence-electron chi connectivity index (χ2n) is 4.42. The molecular formula is C14H19BrN4O. The molecule has 0 saturated heterocycles. The Hall–Kier alpha value is -1.40. The van der Waals surface area contributed by atoms with E-state index in [1.807, 2.05) is 23.9 Å². The lowest BCUT2D eigenvalue weighted by Crippen LogP contribution is -2.21. The summed E-state index contributed by atoms with van der Waals surface area (Å²) in [6.07, 6.45) is 2.37. The highest BCUT2D eigenvalue weighted by Crippen LogP contribution is 2.30. The normalized spacial score (nSPS) is 12.4. The van der Waals surface area contributed by atoms with Gasteiger partial charge in [-0.15, -0.1) is 0 Å². The highest BCUT2D eigenvalue weighted by Gasteiger charge is 2.18. The maximum atomic E-state index is 5.47. The molecule has 1 heterocycles. The van der Waals surface area contributed by atoms with Crippen LogP contribution >= 0.6 is 15.9 Å². The lowest BCUT2D eigenvalue weighted by Gasteiger charge is -2.19. The first-order valence-corrected chi connectivity index (χ1v) is 7.36. The minimum Gasteiger partial charge on any atom is -0.496 e. The predicted molar refractivity (Wildman–Crippen MR) is 81.9 cm³/mol. The maximum Gasteiger partial charge on any atom is 0.138 e. The van der Waals surface area contributed by atoms with E-state index in [0.29, 0.717) is 0 Å². The van der Waals surface area contributed by atoms with Crippen molar-refractivity contribution < 1.29 is 4.74 Å². The molecule has 0 aliphatic heterocycles. The van der Waals surface area contributed by atoms with Crippen LogP contribution in [0.15, 0.2) is 29.0 Å². The van der Waals surface area contributed by atoms with Crippen molar-refractivity contribution in [2.45, 2.75) is 25.9 Å². The van der Waals surface area contributed by atoms with Crippen LogP contribution in [-0.4, -0.2) is 28.9 Å². The highest BCUT2D eigenvalue weighted by atomic mass is 79.9. The van der Waals surface area contributed by atoms with Crippen molar-refractivity contribution in [3.8, 4) is 5.75 Å². The Morgan fingerprint density at radius 2 is 2.25 bits per heavy atom. The van der Waals surface area contributed by atoms with Crippen LogP contribution in [0, 0.1) is 0 Å². The van der Waals surface area contributed by atoms with Gasteiger partial charge in [0.15, 0.2) is 0 Å². The van der Waals surface area contributed by atoms with E-state index in [1.54, 1.807) is 13.4 Å². The molecule has 1 N–H and O–H groups in total. The van der Waals surface area contributed by atoms with E-state index in [2.05, 4.69) is 44.3 Å². The molecule has 0 aliphatic rings. The molecule has 1 aromatic carbocycles. The Morgan fingerprint density at radius 1 is 1.45 bits per heavy atom. The van der Waals surface area contributed by atoms with Gasteiger partial charge in [0, 0.05) is 29.0 Å². The van der Waals surface area contributed by atoms with E-state index < -0.39 is 0 Å². The van der Waals surface area contributed by atoms with Gasteiger partial charge in [-0.1, -0.05) is 22.0 Å². The minimum absolute atomic E-state index is 0.132. The first kappa shape index (κ1) is 15.0. The van der Waals surface area contributed by atoms with E-state index in [0.717, 1.165) is 34.6 Å². The number of halogens is 1. The fraction of sp³-hybridized carbons (Fsp3) is 0.429. The van der Waals surface area contributed by atoms with Crippen molar-refractivity contribution in [3.63, 3.8) is 0 Å². The number of nitrogens with zero attached hydrogens (tertiary/aromatic N) is 3. The van der Waals surface area contributed by atoms with E-state index >= 15 is 0 Å². The summed E-state index contributed by atoms with van der Waals surface area (Å²) in [6.45, 7) is 2.88. The number of nitrogens with one attached hydrogen (secondary N) is 1. The molecule has 0 fully saturated rings. The SMILES string of the molecule is CCn1ncnc1CC(NC)c1ccc(Br)cc1OC. The molecule has 0 saturated carbocycles. The Labute approximate surface area is 127 Å². The van der Waals surface area contributed by atoms with Crippen molar-refractivity contribution >= 4 is 15.9 Å². The summed E-state index contributed by atoms with van der Waals surface area (Å²) in [5.74, 6) is 1.83. The fourth-order valence-electron chi connectivity index (χ4n) is 2.23. The summed E-state index contributed by atoms with van der Waals surface area (Å²) >= 11 is 3.46. The molecule has 0 amide bonds. The Morgan fingerprint density at radius 3 is 2.90 bits per heavy atom. The molecule has 1 atom stereocenters. The monoisotopic (exact) mass is 338 g/mol. The zero-order valence-electron chi connectivity index (χ0n) is 11.9. The molecule has 2 rings (SSSR count). The van der Waals surface area contributed by atoms with E-state index in [1.165, 1.54) is 0 Å². The zero-order valence-corrected chi connectivity index (χ0v) is 13.5. The fourth-order valence-corrected chi connectivity index (χ4v) is 2.57. The highest BCUT2D eigenvalue weighted by molar-refractivity contribution is 9.10. The average Bonchev–Trinajstić information content (AvgIpc) is 2.92. The van der Waals surface area contributed by atoms with Crippen molar-refractivity contribution in [1.29, 1.82) is 0 Å². The number of likely N-dealkylation sites (N-methyl/N-ethyl adjacent to an activating group) is 1. The quantitative estimate of drug-likeness (QED) is 0.879. The van der Waals surface area contributed by atoms with Crippen molar-refractivity contribution in [2.24, 2.45) is 0 Å². The molecule has 0 aliphatic carbocycles. The number of methoxy groups -OCH3 is 1. The van der Waals surface area contributed by atoms with Crippen LogP contribution in [-0.2, 0) is 13.0 Å². The van der Waals surface area contributed by atoms with Gasteiger partial charge in [0.2, 0.25) is 0 Å². The van der Waals surface area contributed by atoms with Gasteiger partial charge >= 0.3 is 0 Å². The number of hydrogen-bond acceptors (Lipinski definition) is 4. The van der Waals surface area contributed by atoms with Gasteiger partial charge in [-0.2, -0.15) is 5.10 Å². The average molecular weight is 339 g/mol. The van der Waals surface area contributed by atoms with Crippen molar-refractivity contribution in [3.05, 3.63) is 40.4 Å². The van der Waals surface area contributed by atoms with Gasteiger partial charge in [-0.05, 0) is 26.1 Å². The standard InChI is InChI=1S/C14H19BrN4O/c1-4-19-14(17-9-18-19)8-12(16-2)11-6-5-10(15)7-13(11)20-3/h5-7,9,12,16H,4,8H2,1-3H3. The zero-order chi connectivity index (χ0) is 14.5. The third kappa shape index (κ3) is 3.19. The molecule has 0 spiro atoms. The van der Waals surface area contributed by atoms with Crippen LogP contribution in [0.2, 0.25) is 0 Å². The van der Waals surface area contributed by atoms with Crippen molar-refractivity contribution in [1.82, 2.24) is 20.1 Å². The summed E-state index contributed by atoms with van der Waals surface area (Å²) < 4.78 is 8.39. The van der Waals surface area contributed by atoms with Crippen LogP contribution in [0.4, 0.5) is 0 Å². The topological polar surface area (TPSA) is 52.0 Å². The van der Waals surface area contributed by atoms with E-state index in [4.69, 9.17) is 4.74 Å². The minimum atomic E-state index is 0.132. The summed E-state index contributed by atoms with van der Waals surface area (Å²) in [6, 6.07) is 6.20. The van der Waals surface area contributed by atoms with Gasteiger partial charge in [0.1, 0.15) is 17.9 Å². The Bertz CT molecular complexity index is 570. The molecular weight excluding hydrogens is 320 g/mol. The third-order valence-electron chi connectivity index (χ3n) is 3.30. The maximum absolute atomic E-state index is 5.47. The molecule has 20 heavy (non-hydrogen) atoms. The molecule has 2 aromatic rings. The van der Waals surface area contributed by atoms with Crippen LogP contribution in [0.25, 0.3) is 0 Å². The van der Waals surface area contributed by atoms with E-state index in [-0.39, 0.29) is 6.04 Å².